The Morgan fingerprint density at radius 3 is 2.41 bits per heavy atom. The van der Waals surface area contributed by atoms with Crippen LogP contribution in [0.1, 0.15) is 50.3 Å². The Morgan fingerprint density at radius 2 is 1.56 bits per heavy atom. The van der Waals surface area contributed by atoms with Gasteiger partial charge in [0.2, 0.25) is 0 Å². The van der Waals surface area contributed by atoms with E-state index in [2.05, 4.69) is 81.2 Å². The molecule has 0 amide bonds. The fourth-order valence-corrected chi connectivity index (χ4v) is 5.74. The van der Waals surface area contributed by atoms with Gasteiger partial charge in [0.1, 0.15) is 34.5 Å². The number of hydrogen-bond donors (Lipinski definition) is 0. The highest BCUT2D eigenvalue weighted by Crippen LogP contribution is 2.55. The zero-order chi connectivity index (χ0) is 23.2. The molecule has 4 heteroatoms. The van der Waals surface area contributed by atoms with Crippen LogP contribution in [0.5, 0.6) is 0 Å². The van der Waals surface area contributed by atoms with E-state index in [1.807, 2.05) is 12.1 Å². The third kappa shape index (κ3) is 2.43. The summed E-state index contributed by atoms with van der Waals surface area (Å²) in [5.41, 5.74) is 9.86. The van der Waals surface area contributed by atoms with Gasteiger partial charge in [-0.1, -0.05) is 70.2 Å². The number of benzene rings is 3. The molecule has 0 radical (unpaired) electrons. The van der Waals surface area contributed by atoms with Gasteiger partial charge in [-0.25, -0.2) is 9.97 Å². The molecule has 166 valence electrons. The topological polar surface area (TPSA) is 52.1 Å². The second kappa shape index (κ2) is 6.57. The van der Waals surface area contributed by atoms with Gasteiger partial charge in [-0.05, 0) is 35.2 Å². The Morgan fingerprint density at radius 1 is 0.765 bits per heavy atom. The molecular weight excluding hydrogens is 420 g/mol. The van der Waals surface area contributed by atoms with Crippen LogP contribution in [0.15, 0.2) is 75.8 Å². The molecule has 34 heavy (non-hydrogen) atoms. The zero-order valence-electron chi connectivity index (χ0n) is 19.6. The molecule has 1 aliphatic carbocycles. The fourth-order valence-electron chi connectivity index (χ4n) is 5.74. The summed E-state index contributed by atoms with van der Waals surface area (Å²) in [7, 11) is 0. The fraction of sp³-hybridized carbons (Fsp3) is 0.200. The summed E-state index contributed by atoms with van der Waals surface area (Å²) in [4.78, 5) is 9.38. The molecule has 0 atom stereocenters. The molecule has 0 fully saturated rings. The summed E-state index contributed by atoms with van der Waals surface area (Å²) in [6.45, 7) is 8.95. The normalized spacial score (nSPS) is 14.4. The van der Waals surface area contributed by atoms with Gasteiger partial charge in [-0.2, -0.15) is 0 Å². The van der Waals surface area contributed by atoms with Crippen LogP contribution in [-0.4, -0.2) is 9.97 Å². The Bertz CT molecular complexity index is 1770. The maximum Gasteiger partial charge on any atom is 0.180 e. The Kier molecular flexibility index (Phi) is 3.78. The lowest BCUT2D eigenvalue weighted by molar-refractivity contribution is 0.619. The minimum absolute atomic E-state index is 0.248. The second-order valence-corrected chi connectivity index (χ2v) is 10.1. The van der Waals surface area contributed by atoms with E-state index in [0.717, 1.165) is 50.2 Å². The van der Waals surface area contributed by atoms with E-state index in [0.29, 0.717) is 5.92 Å². The Balaban J connectivity index is 1.52. The molecule has 3 heterocycles. The van der Waals surface area contributed by atoms with Gasteiger partial charge in [0, 0.05) is 32.9 Å². The first-order valence-corrected chi connectivity index (χ1v) is 11.8. The van der Waals surface area contributed by atoms with E-state index in [1.165, 1.54) is 22.1 Å². The van der Waals surface area contributed by atoms with Crippen LogP contribution in [0.25, 0.3) is 55.6 Å². The zero-order valence-corrected chi connectivity index (χ0v) is 19.6. The van der Waals surface area contributed by atoms with Crippen LogP contribution < -0.4 is 0 Å². The maximum absolute atomic E-state index is 6.38. The summed E-state index contributed by atoms with van der Waals surface area (Å²) < 4.78 is 12.8. The smallest absolute Gasteiger partial charge is 0.180 e. The van der Waals surface area contributed by atoms with Crippen molar-refractivity contribution in [2.24, 2.45) is 0 Å². The number of furan rings is 2. The van der Waals surface area contributed by atoms with E-state index in [1.54, 1.807) is 6.33 Å². The minimum Gasteiger partial charge on any atom is -0.456 e. The number of para-hydroxylation sites is 1. The van der Waals surface area contributed by atoms with Crippen molar-refractivity contribution in [3.8, 4) is 22.6 Å². The molecule has 1 aliphatic rings. The third-order valence-corrected chi connectivity index (χ3v) is 7.35. The third-order valence-electron chi connectivity index (χ3n) is 7.35. The monoisotopic (exact) mass is 444 g/mol. The van der Waals surface area contributed by atoms with Gasteiger partial charge in [-0.3, -0.25) is 0 Å². The van der Waals surface area contributed by atoms with Crippen LogP contribution in [0, 0.1) is 0 Å². The van der Waals surface area contributed by atoms with Crippen LogP contribution >= 0.6 is 0 Å². The number of nitrogens with zero attached hydrogens (tertiary/aromatic N) is 2. The molecule has 3 aromatic heterocycles. The minimum atomic E-state index is -0.248. The van der Waals surface area contributed by atoms with E-state index < -0.39 is 0 Å². The van der Waals surface area contributed by atoms with Crippen molar-refractivity contribution in [2.45, 2.75) is 39.0 Å². The molecule has 0 N–H and O–H groups in total. The average molecular weight is 445 g/mol. The quantitative estimate of drug-likeness (QED) is 0.270. The molecular formula is C30H24N2O2. The summed E-state index contributed by atoms with van der Waals surface area (Å²) in [6.07, 6.45) is 1.66. The van der Waals surface area contributed by atoms with Gasteiger partial charge < -0.3 is 8.83 Å². The lowest BCUT2D eigenvalue weighted by Crippen LogP contribution is -2.16. The van der Waals surface area contributed by atoms with Crippen molar-refractivity contribution in [3.63, 3.8) is 0 Å². The first-order valence-electron chi connectivity index (χ1n) is 11.8. The average Bonchev–Trinajstić information content (AvgIpc) is 3.47. The highest BCUT2D eigenvalue weighted by molar-refractivity contribution is 6.07. The molecule has 0 bridgehead atoms. The lowest BCUT2D eigenvalue weighted by Gasteiger charge is -2.23. The molecule has 0 aliphatic heterocycles. The van der Waals surface area contributed by atoms with E-state index >= 15 is 0 Å². The molecule has 7 rings (SSSR count). The molecule has 0 saturated carbocycles. The van der Waals surface area contributed by atoms with Crippen molar-refractivity contribution < 1.29 is 8.83 Å². The molecule has 0 spiro atoms. The van der Waals surface area contributed by atoms with Crippen molar-refractivity contribution in [3.05, 3.63) is 83.7 Å². The molecule has 3 aromatic carbocycles. The molecule has 4 nitrogen and oxygen atoms in total. The van der Waals surface area contributed by atoms with Gasteiger partial charge in [0.15, 0.2) is 5.58 Å². The van der Waals surface area contributed by atoms with E-state index in [9.17, 15) is 0 Å². The van der Waals surface area contributed by atoms with Crippen LogP contribution in [0.3, 0.4) is 0 Å². The van der Waals surface area contributed by atoms with Gasteiger partial charge in [0.25, 0.3) is 0 Å². The lowest BCUT2D eigenvalue weighted by atomic mass is 9.78. The first-order chi connectivity index (χ1) is 16.4. The number of hydrogen-bond acceptors (Lipinski definition) is 4. The summed E-state index contributed by atoms with van der Waals surface area (Å²) in [6, 6.07) is 21.1. The SMILES string of the molecule is CC(C)c1ccc2oc3c(-c4cccc5c4C(C)(C)c4c-5oc5ccccc45)ncnc3c2c1. The molecule has 0 unspecified atom stereocenters. The van der Waals surface area contributed by atoms with Gasteiger partial charge >= 0.3 is 0 Å². The van der Waals surface area contributed by atoms with E-state index in [-0.39, 0.29) is 5.41 Å². The van der Waals surface area contributed by atoms with Crippen LogP contribution in [0.2, 0.25) is 0 Å². The van der Waals surface area contributed by atoms with Crippen LogP contribution in [0.4, 0.5) is 0 Å². The van der Waals surface area contributed by atoms with Gasteiger partial charge in [-0.15, -0.1) is 0 Å². The van der Waals surface area contributed by atoms with Crippen molar-refractivity contribution in [2.75, 3.05) is 0 Å². The van der Waals surface area contributed by atoms with E-state index in [4.69, 9.17) is 13.8 Å². The predicted molar refractivity (Wildman–Crippen MR) is 136 cm³/mol. The van der Waals surface area contributed by atoms with Crippen molar-refractivity contribution in [1.29, 1.82) is 0 Å². The standard InChI is InChI=1S/C30H24N2O2/c1-16(2)17-12-13-23-21(14-17)27-29(34-23)26(31-15-32-27)19-9-7-10-20-24(19)30(3,4)25-18-8-5-6-11-22(18)33-28(20)25/h5-16H,1-4H3. The maximum atomic E-state index is 6.38. The number of aromatic nitrogens is 2. The van der Waals surface area contributed by atoms with Crippen molar-refractivity contribution >= 4 is 33.0 Å². The van der Waals surface area contributed by atoms with Gasteiger partial charge in [0.05, 0.1) is 0 Å². The molecule has 0 saturated heterocycles. The second-order valence-electron chi connectivity index (χ2n) is 10.1. The van der Waals surface area contributed by atoms with Crippen molar-refractivity contribution in [1.82, 2.24) is 9.97 Å². The first kappa shape index (κ1) is 19.5. The Labute approximate surface area is 197 Å². The van der Waals surface area contributed by atoms with Crippen LogP contribution in [-0.2, 0) is 5.41 Å². The highest BCUT2D eigenvalue weighted by Gasteiger charge is 2.42. The highest BCUT2D eigenvalue weighted by atomic mass is 16.3. The number of fused-ring (bicyclic) bond motifs is 8. The Hall–Kier alpha value is -3.92. The predicted octanol–water partition coefficient (Wildman–Crippen LogP) is 8.22. The number of rotatable bonds is 2. The largest absolute Gasteiger partial charge is 0.456 e. The molecule has 6 aromatic rings. The summed E-state index contributed by atoms with van der Waals surface area (Å²) in [5, 5.41) is 2.21. The summed E-state index contributed by atoms with van der Waals surface area (Å²) in [5.74, 6) is 1.39. The summed E-state index contributed by atoms with van der Waals surface area (Å²) >= 11 is 0.